The number of carbonyl (C=O) groups is 2. The topological polar surface area (TPSA) is 52.7 Å². The van der Waals surface area contributed by atoms with Crippen LogP contribution < -0.4 is 5.32 Å². The molecule has 0 radical (unpaired) electrons. The summed E-state index contributed by atoms with van der Waals surface area (Å²) in [4.78, 5) is 30.1. The molecule has 1 heterocycles. The first kappa shape index (κ1) is 22.8. The molecule has 0 spiro atoms. The van der Waals surface area contributed by atoms with Gasteiger partial charge in [0.1, 0.15) is 0 Å². The van der Waals surface area contributed by atoms with Crippen LogP contribution in [0, 0.1) is 11.8 Å². The Balaban J connectivity index is 1.51. The molecule has 1 aliphatic heterocycles. The fraction of sp³-hybridized carbons (Fsp3) is 0.680. The van der Waals surface area contributed by atoms with Crippen molar-refractivity contribution in [3.05, 3.63) is 35.9 Å². The number of nitrogens with one attached hydrogen (secondary N) is 1. The van der Waals surface area contributed by atoms with E-state index >= 15 is 0 Å². The van der Waals surface area contributed by atoms with Crippen molar-refractivity contribution in [2.75, 3.05) is 32.7 Å². The average Bonchev–Trinajstić information content (AvgIpc) is 3.31. The number of carbonyl (C=O) groups excluding carboxylic acids is 2. The maximum Gasteiger partial charge on any atom is 0.237 e. The summed E-state index contributed by atoms with van der Waals surface area (Å²) in [5.74, 6) is 1.41. The standard InChI is InChI=1S/C25H39N3O2/c1-3-20(2)19-26-25(30)24(22-11-7-8-12-22)28-17-15-27(16-18-28)23(29)14-13-21-9-5-4-6-10-21/h4-6,9-10,20,22,24H,3,7-8,11-19H2,1-2H3,(H,26,30)/t20-,24+/m1/s1. The maximum absolute atomic E-state index is 13.1. The fourth-order valence-corrected chi connectivity index (χ4v) is 4.78. The highest BCUT2D eigenvalue weighted by Gasteiger charge is 2.37. The van der Waals surface area contributed by atoms with E-state index in [0.29, 0.717) is 18.3 Å². The number of hydrogen-bond donors (Lipinski definition) is 1. The molecule has 0 aromatic heterocycles. The van der Waals surface area contributed by atoms with E-state index in [1.807, 2.05) is 23.1 Å². The predicted octanol–water partition coefficient (Wildman–Crippen LogP) is 3.48. The molecule has 166 valence electrons. The van der Waals surface area contributed by atoms with Gasteiger partial charge < -0.3 is 10.2 Å². The van der Waals surface area contributed by atoms with E-state index in [-0.39, 0.29) is 17.9 Å². The van der Waals surface area contributed by atoms with Gasteiger partial charge in [-0.1, -0.05) is 63.4 Å². The molecule has 2 fully saturated rings. The Hall–Kier alpha value is -1.88. The lowest BCUT2D eigenvalue weighted by Gasteiger charge is -2.41. The first-order valence-corrected chi connectivity index (χ1v) is 11.9. The highest BCUT2D eigenvalue weighted by atomic mass is 16.2. The van der Waals surface area contributed by atoms with Gasteiger partial charge in [0.2, 0.25) is 11.8 Å². The third kappa shape index (κ3) is 6.31. The van der Waals surface area contributed by atoms with Crippen LogP contribution in [0.3, 0.4) is 0 Å². The molecule has 1 N–H and O–H groups in total. The van der Waals surface area contributed by atoms with Crippen LogP contribution in [0.25, 0.3) is 0 Å². The van der Waals surface area contributed by atoms with Crippen LogP contribution in [0.1, 0.15) is 57.9 Å². The average molecular weight is 414 g/mol. The zero-order valence-electron chi connectivity index (χ0n) is 18.8. The summed E-state index contributed by atoms with van der Waals surface area (Å²) in [6.45, 7) is 8.18. The Labute approximate surface area is 182 Å². The number of benzene rings is 1. The van der Waals surface area contributed by atoms with E-state index in [2.05, 4.69) is 36.2 Å². The molecule has 5 nitrogen and oxygen atoms in total. The lowest BCUT2D eigenvalue weighted by molar-refractivity contribution is -0.135. The number of nitrogens with zero attached hydrogens (tertiary/aromatic N) is 2. The first-order valence-electron chi connectivity index (χ1n) is 11.9. The van der Waals surface area contributed by atoms with Crippen LogP contribution in [0.15, 0.2) is 30.3 Å². The summed E-state index contributed by atoms with van der Waals surface area (Å²) in [6, 6.07) is 10.2. The Morgan fingerprint density at radius 2 is 1.73 bits per heavy atom. The SMILES string of the molecule is CC[C@@H](C)CNC(=O)[C@H](C1CCCC1)N1CCN(C(=O)CCc2ccccc2)CC1. The molecule has 5 heteroatoms. The summed E-state index contributed by atoms with van der Waals surface area (Å²) in [7, 11) is 0. The second-order valence-electron chi connectivity index (χ2n) is 9.15. The minimum absolute atomic E-state index is 0.0295. The largest absolute Gasteiger partial charge is 0.354 e. The minimum atomic E-state index is -0.0295. The monoisotopic (exact) mass is 413 g/mol. The van der Waals surface area contributed by atoms with E-state index in [4.69, 9.17) is 0 Å². The van der Waals surface area contributed by atoms with E-state index in [1.165, 1.54) is 18.4 Å². The van der Waals surface area contributed by atoms with Gasteiger partial charge in [0, 0.05) is 39.1 Å². The molecule has 2 atom stereocenters. The van der Waals surface area contributed by atoms with Crippen molar-refractivity contribution in [1.29, 1.82) is 0 Å². The van der Waals surface area contributed by atoms with E-state index in [9.17, 15) is 9.59 Å². The summed E-state index contributed by atoms with van der Waals surface area (Å²) >= 11 is 0. The van der Waals surface area contributed by atoms with Crippen molar-refractivity contribution in [3.8, 4) is 0 Å². The van der Waals surface area contributed by atoms with Gasteiger partial charge in [-0.2, -0.15) is 0 Å². The minimum Gasteiger partial charge on any atom is -0.354 e. The molecule has 0 unspecified atom stereocenters. The highest BCUT2D eigenvalue weighted by Crippen LogP contribution is 2.31. The molecule has 2 aliphatic rings. The molecule has 1 saturated heterocycles. The van der Waals surface area contributed by atoms with Gasteiger partial charge >= 0.3 is 0 Å². The zero-order valence-corrected chi connectivity index (χ0v) is 18.8. The van der Waals surface area contributed by atoms with Gasteiger partial charge in [-0.25, -0.2) is 0 Å². The van der Waals surface area contributed by atoms with Crippen molar-refractivity contribution >= 4 is 11.8 Å². The lowest BCUT2D eigenvalue weighted by Crippen LogP contribution is -2.58. The molecule has 0 bridgehead atoms. The molecule has 2 amide bonds. The fourth-order valence-electron chi connectivity index (χ4n) is 4.78. The third-order valence-corrected chi connectivity index (χ3v) is 6.97. The number of amides is 2. The molecule has 1 saturated carbocycles. The van der Waals surface area contributed by atoms with Crippen LogP contribution in [0.4, 0.5) is 0 Å². The van der Waals surface area contributed by atoms with Crippen LogP contribution in [0.5, 0.6) is 0 Å². The smallest absolute Gasteiger partial charge is 0.237 e. The van der Waals surface area contributed by atoms with Crippen LogP contribution in [-0.4, -0.2) is 60.4 Å². The van der Waals surface area contributed by atoms with Crippen LogP contribution in [-0.2, 0) is 16.0 Å². The van der Waals surface area contributed by atoms with Gasteiger partial charge in [-0.3, -0.25) is 14.5 Å². The van der Waals surface area contributed by atoms with E-state index in [0.717, 1.165) is 58.4 Å². The van der Waals surface area contributed by atoms with Crippen molar-refractivity contribution in [2.24, 2.45) is 11.8 Å². The van der Waals surface area contributed by atoms with E-state index < -0.39 is 0 Å². The summed E-state index contributed by atoms with van der Waals surface area (Å²) in [6.07, 6.45) is 7.21. The Bertz CT molecular complexity index is 664. The molecule has 1 aromatic carbocycles. The normalized spacial score (nSPS) is 20.1. The van der Waals surface area contributed by atoms with Gasteiger partial charge in [0.05, 0.1) is 6.04 Å². The number of hydrogen-bond acceptors (Lipinski definition) is 3. The van der Waals surface area contributed by atoms with Gasteiger partial charge in [0.15, 0.2) is 0 Å². The van der Waals surface area contributed by atoms with Crippen molar-refractivity contribution in [3.63, 3.8) is 0 Å². The second kappa shape index (κ2) is 11.5. The quantitative estimate of drug-likeness (QED) is 0.674. The summed E-state index contributed by atoms with van der Waals surface area (Å²) in [5, 5.41) is 3.22. The van der Waals surface area contributed by atoms with E-state index in [1.54, 1.807) is 0 Å². The second-order valence-corrected chi connectivity index (χ2v) is 9.15. The summed E-state index contributed by atoms with van der Waals surface area (Å²) < 4.78 is 0. The Morgan fingerprint density at radius 1 is 1.07 bits per heavy atom. The van der Waals surface area contributed by atoms with Crippen molar-refractivity contribution in [2.45, 2.75) is 64.8 Å². The van der Waals surface area contributed by atoms with Gasteiger partial charge in [-0.05, 0) is 36.7 Å². The van der Waals surface area contributed by atoms with Gasteiger partial charge in [-0.15, -0.1) is 0 Å². The predicted molar refractivity (Wildman–Crippen MR) is 121 cm³/mol. The van der Waals surface area contributed by atoms with Crippen molar-refractivity contribution in [1.82, 2.24) is 15.1 Å². The molecule has 3 rings (SSSR count). The Morgan fingerprint density at radius 3 is 2.37 bits per heavy atom. The third-order valence-electron chi connectivity index (χ3n) is 6.97. The maximum atomic E-state index is 13.1. The van der Waals surface area contributed by atoms with Crippen LogP contribution in [0.2, 0.25) is 0 Å². The first-order chi connectivity index (χ1) is 14.6. The molecule has 30 heavy (non-hydrogen) atoms. The van der Waals surface area contributed by atoms with Crippen LogP contribution >= 0.6 is 0 Å². The lowest BCUT2D eigenvalue weighted by atomic mass is 9.94. The number of rotatable bonds is 9. The molecular weight excluding hydrogens is 374 g/mol. The highest BCUT2D eigenvalue weighted by molar-refractivity contribution is 5.82. The van der Waals surface area contributed by atoms with Crippen molar-refractivity contribution < 1.29 is 9.59 Å². The molecule has 1 aliphatic carbocycles. The number of piperazine rings is 1. The Kier molecular flexibility index (Phi) is 8.74. The molecular formula is C25H39N3O2. The summed E-state index contributed by atoms with van der Waals surface area (Å²) in [5.41, 5.74) is 1.21. The zero-order chi connectivity index (χ0) is 21.3. The number of aryl methyl sites for hydroxylation is 1. The molecule has 1 aromatic rings. The van der Waals surface area contributed by atoms with Gasteiger partial charge in [0.25, 0.3) is 0 Å².